The molecule has 0 saturated carbocycles. The maximum absolute atomic E-state index is 12.2. The SMILES string of the molecule is CCCN(C)C(=O)c1cc(C)ccc1NC. The Kier molecular flexibility index (Phi) is 4.35. The predicted octanol–water partition coefficient (Wildman–Crippen LogP) is 2.52. The molecule has 1 aromatic carbocycles. The second-order valence-electron chi connectivity index (χ2n) is 4.03. The highest BCUT2D eigenvalue weighted by molar-refractivity contribution is 5.99. The van der Waals surface area contributed by atoms with Crippen LogP contribution in [0.25, 0.3) is 0 Å². The zero-order valence-electron chi connectivity index (χ0n) is 10.5. The number of benzene rings is 1. The van der Waals surface area contributed by atoms with Gasteiger partial charge in [0, 0.05) is 26.3 Å². The molecule has 0 bridgehead atoms. The van der Waals surface area contributed by atoms with Crippen LogP contribution < -0.4 is 5.32 Å². The van der Waals surface area contributed by atoms with Crippen LogP contribution in [-0.4, -0.2) is 31.4 Å². The van der Waals surface area contributed by atoms with Gasteiger partial charge in [-0.05, 0) is 25.5 Å². The van der Waals surface area contributed by atoms with Crippen molar-refractivity contribution in [3.05, 3.63) is 29.3 Å². The van der Waals surface area contributed by atoms with E-state index in [0.29, 0.717) is 0 Å². The maximum atomic E-state index is 12.2. The molecule has 0 atom stereocenters. The van der Waals surface area contributed by atoms with Crippen molar-refractivity contribution in [3.63, 3.8) is 0 Å². The molecule has 3 heteroatoms. The molecule has 0 saturated heterocycles. The second kappa shape index (κ2) is 5.54. The minimum Gasteiger partial charge on any atom is -0.387 e. The van der Waals surface area contributed by atoms with Crippen LogP contribution in [0.4, 0.5) is 5.69 Å². The third kappa shape index (κ3) is 2.75. The molecule has 1 aromatic rings. The van der Waals surface area contributed by atoms with Crippen molar-refractivity contribution in [1.82, 2.24) is 4.90 Å². The van der Waals surface area contributed by atoms with E-state index in [4.69, 9.17) is 0 Å². The van der Waals surface area contributed by atoms with Crippen LogP contribution in [0.5, 0.6) is 0 Å². The second-order valence-corrected chi connectivity index (χ2v) is 4.03. The summed E-state index contributed by atoms with van der Waals surface area (Å²) in [6, 6.07) is 5.88. The molecule has 0 unspecified atom stereocenters. The number of nitrogens with one attached hydrogen (secondary N) is 1. The molecule has 1 amide bonds. The minimum absolute atomic E-state index is 0.0786. The number of amides is 1. The van der Waals surface area contributed by atoms with E-state index in [1.807, 2.05) is 39.2 Å². The molecular weight excluding hydrogens is 200 g/mol. The van der Waals surface area contributed by atoms with Crippen LogP contribution >= 0.6 is 0 Å². The van der Waals surface area contributed by atoms with Crippen LogP contribution in [0.3, 0.4) is 0 Å². The Hall–Kier alpha value is -1.51. The number of anilines is 1. The van der Waals surface area contributed by atoms with Gasteiger partial charge in [0.2, 0.25) is 0 Å². The van der Waals surface area contributed by atoms with Gasteiger partial charge in [-0.1, -0.05) is 18.6 Å². The third-order valence-electron chi connectivity index (χ3n) is 2.58. The lowest BCUT2D eigenvalue weighted by Crippen LogP contribution is -2.28. The van der Waals surface area contributed by atoms with Gasteiger partial charge < -0.3 is 10.2 Å². The first-order valence-electron chi connectivity index (χ1n) is 5.64. The number of rotatable bonds is 4. The Bertz CT molecular complexity index is 374. The van der Waals surface area contributed by atoms with E-state index < -0.39 is 0 Å². The molecule has 0 aliphatic heterocycles. The van der Waals surface area contributed by atoms with E-state index >= 15 is 0 Å². The Morgan fingerprint density at radius 2 is 2.12 bits per heavy atom. The Morgan fingerprint density at radius 3 is 2.69 bits per heavy atom. The summed E-state index contributed by atoms with van der Waals surface area (Å²) in [5, 5.41) is 3.05. The highest BCUT2D eigenvalue weighted by atomic mass is 16.2. The normalized spacial score (nSPS) is 10.0. The lowest BCUT2D eigenvalue weighted by atomic mass is 10.1. The molecule has 0 fully saturated rings. The van der Waals surface area contributed by atoms with Crippen molar-refractivity contribution < 1.29 is 4.79 Å². The van der Waals surface area contributed by atoms with Gasteiger partial charge in [-0.3, -0.25) is 4.79 Å². The highest BCUT2D eigenvalue weighted by Crippen LogP contribution is 2.18. The number of hydrogen-bond donors (Lipinski definition) is 1. The van der Waals surface area contributed by atoms with Crippen molar-refractivity contribution >= 4 is 11.6 Å². The van der Waals surface area contributed by atoms with Crippen molar-refractivity contribution in [3.8, 4) is 0 Å². The third-order valence-corrected chi connectivity index (χ3v) is 2.58. The average molecular weight is 220 g/mol. The summed E-state index contributed by atoms with van der Waals surface area (Å²) in [4.78, 5) is 13.9. The number of carbonyl (C=O) groups excluding carboxylic acids is 1. The van der Waals surface area contributed by atoms with Crippen LogP contribution in [-0.2, 0) is 0 Å². The van der Waals surface area contributed by atoms with Crippen molar-refractivity contribution in [1.29, 1.82) is 0 Å². The molecule has 3 nitrogen and oxygen atoms in total. The number of hydrogen-bond acceptors (Lipinski definition) is 2. The molecule has 1 N–H and O–H groups in total. The van der Waals surface area contributed by atoms with Gasteiger partial charge in [-0.25, -0.2) is 0 Å². The molecule has 0 aliphatic rings. The van der Waals surface area contributed by atoms with E-state index in [1.165, 1.54) is 0 Å². The molecule has 0 aliphatic carbocycles. The van der Waals surface area contributed by atoms with Gasteiger partial charge in [0.05, 0.1) is 5.56 Å². The van der Waals surface area contributed by atoms with Crippen LogP contribution in [0, 0.1) is 6.92 Å². The van der Waals surface area contributed by atoms with E-state index in [9.17, 15) is 4.79 Å². The topological polar surface area (TPSA) is 32.3 Å². The minimum atomic E-state index is 0.0786. The molecule has 0 radical (unpaired) electrons. The quantitative estimate of drug-likeness (QED) is 0.845. The number of aryl methyl sites for hydroxylation is 1. The van der Waals surface area contributed by atoms with Gasteiger partial charge in [0.25, 0.3) is 5.91 Å². The van der Waals surface area contributed by atoms with Crippen molar-refractivity contribution in [2.24, 2.45) is 0 Å². The van der Waals surface area contributed by atoms with E-state index in [1.54, 1.807) is 4.90 Å². The smallest absolute Gasteiger partial charge is 0.255 e. The standard InChI is InChI=1S/C13H20N2O/c1-5-8-15(4)13(16)11-9-10(2)6-7-12(11)14-3/h6-7,9,14H,5,8H2,1-4H3. The Morgan fingerprint density at radius 1 is 1.44 bits per heavy atom. The maximum Gasteiger partial charge on any atom is 0.255 e. The zero-order chi connectivity index (χ0) is 12.1. The van der Waals surface area contributed by atoms with Gasteiger partial charge in [0.15, 0.2) is 0 Å². The summed E-state index contributed by atoms with van der Waals surface area (Å²) in [7, 11) is 3.68. The highest BCUT2D eigenvalue weighted by Gasteiger charge is 2.14. The molecule has 0 heterocycles. The molecule has 1 rings (SSSR count). The fourth-order valence-electron chi connectivity index (χ4n) is 1.70. The zero-order valence-corrected chi connectivity index (χ0v) is 10.5. The lowest BCUT2D eigenvalue weighted by Gasteiger charge is -2.18. The summed E-state index contributed by atoms with van der Waals surface area (Å²) in [6.45, 7) is 4.85. The number of nitrogens with zero attached hydrogens (tertiary/aromatic N) is 1. The van der Waals surface area contributed by atoms with E-state index in [2.05, 4.69) is 12.2 Å². The Balaban J connectivity index is 3.01. The predicted molar refractivity (Wildman–Crippen MR) is 68.0 cm³/mol. The summed E-state index contributed by atoms with van der Waals surface area (Å²) in [6.07, 6.45) is 0.975. The van der Waals surface area contributed by atoms with Gasteiger partial charge in [-0.2, -0.15) is 0 Å². The largest absolute Gasteiger partial charge is 0.387 e. The monoisotopic (exact) mass is 220 g/mol. The molecule has 0 aromatic heterocycles. The summed E-state index contributed by atoms with van der Waals surface area (Å²) in [5.41, 5.74) is 2.74. The average Bonchev–Trinajstić information content (AvgIpc) is 2.28. The van der Waals surface area contributed by atoms with Gasteiger partial charge >= 0.3 is 0 Å². The fraction of sp³-hybridized carbons (Fsp3) is 0.462. The van der Waals surface area contributed by atoms with E-state index in [0.717, 1.165) is 29.8 Å². The summed E-state index contributed by atoms with van der Waals surface area (Å²) >= 11 is 0. The lowest BCUT2D eigenvalue weighted by molar-refractivity contribution is 0.0796. The molecule has 0 spiro atoms. The first kappa shape index (κ1) is 12.6. The fourth-order valence-corrected chi connectivity index (χ4v) is 1.70. The first-order valence-corrected chi connectivity index (χ1v) is 5.64. The summed E-state index contributed by atoms with van der Waals surface area (Å²) in [5.74, 6) is 0.0786. The molecular formula is C13H20N2O. The first-order chi connectivity index (χ1) is 7.60. The molecule has 88 valence electrons. The van der Waals surface area contributed by atoms with Crippen LogP contribution in [0.2, 0.25) is 0 Å². The van der Waals surface area contributed by atoms with Crippen LogP contribution in [0.15, 0.2) is 18.2 Å². The van der Waals surface area contributed by atoms with E-state index in [-0.39, 0.29) is 5.91 Å². The van der Waals surface area contributed by atoms with Crippen molar-refractivity contribution in [2.45, 2.75) is 20.3 Å². The van der Waals surface area contributed by atoms with Gasteiger partial charge in [-0.15, -0.1) is 0 Å². The molecule has 16 heavy (non-hydrogen) atoms. The Labute approximate surface area is 97.5 Å². The summed E-state index contributed by atoms with van der Waals surface area (Å²) < 4.78 is 0. The van der Waals surface area contributed by atoms with Crippen molar-refractivity contribution in [2.75, 3.05) is 26.0 Å². The number of carbonyl (C=O) groups is 1. The van der Waals surface area contributed by atoms with Crippen LogP contribution in [0.1, 0.15) is 29.3 Å². The van der Waals surface area contributed by atoms with Gasteiger partial charge in [0.1, 0.15) is 0 Å².